The van der Waals surface area contributed by atoms with Crippen molar-refractivity contribution in [2.24, 2.45) is 5.73 Å². The minimum Gasteiger partial charge on any atom is -0.326 e. The molecule has 1 heterocycles. The van der Waals surface area contributed by atoms with Crippen molar-refractivity contribution in [2.45, 2.75) is 12.5 Å². The molecular weight excluding hydrogens is 272 g/mol. The number of hydrogen-bond acceptors (Lipinski definition) is 2. The second-order valence-electron chi connectivity index (χ2n) is 5.02. The molecule has 0 saturated carbocycles. The van der Waals surface area contributed by atoms with Gasteiger partial charge >= 0.3 is 0 Å². The largest absolute Gasteiger partial charge is 0.326 e. The number of rotatable bonds is 1. The minimum atomic E-state index is -0.0377. The first-order valence-electron chi connectivity index (χ1n) is 6.56. The molecule has 2 aromatic rings. The Morgan fingerprint density at radius 3 is 2.60 bits per heavy atom. The Morgan fingerprint density at radius 1 is 1.15 bits per heavy atom. The highest BCUT2D eigenvalue weighted by Gasteiger charge is 2.26. The highest BCUT2D eigenvalue weighted by Crippen LogP contribution is 2.28. The summed E-state index contributed by atoms with van der Waals surface area (Å²) in [6.07, 6.45) is 0.806. The van der Waals surface area contributed by atoms with E-state index >= 15 is 0 Å². The highest BCUT2D eigenvalue weighted by atomic mass is 35.5. The molecule has 0 bridgehead atoms. The zero-order valence-electron chi connectivity index (χ0n) is 10.9. The predicted octanol–water partition coefficient (Wildman–Crippen LogP) is 2.87. The molecule has 2 N–H and O–H groups in total. The maximum atomic E-state index is 12.6. The molecule has 3 rings (SSSR count). The number of carbonyl (C=O) groups is 1. The molecule has 20 heavy (non-hydrogen) atoms. The number of carbonyl (C=O) groups excluding carboxylic acids is 1. The van der Waals surface area contributed by atoms with Crippen LogP contribution in [0.1, 0.15) is 15.9 Å². The van der Waals surface area contributed by atoms with Crippen LogP contribution in [0.25, 0.3) is 0 Å². The van der Waals surface area contributed by atoms with Crippen LogP contribution in [0.5, 0.6) is 0 Å². The molecule has 2 aromatic carbocycles. The van der Waals surface area contributed by atoms with E-state index in [-0.39, 0.29) is 11.9 Å². The van der Waals surface area contributed by atoms with Crippen LogP contribution in [0.2, 0.25) is 5.02 Å². The third-order valence-electron chi connectivity index (χ3n) is 3.52. The monoisotopic (exact) mass is 286 g/mol. The van der Waals surface area contributed by atoms with Crippen molar-refractivity contribution in [1.29, 1.82) is 0 Å². The Labute approximate surface area is 123 Å². The predicted molar refractivity (Wildman–Crippen MR) is 81.2 cm³/mol. The number of benzene rings is 2. The van der Waals surface area contributed by atoms with E-state index in [4.69, 9.17) is 17.3 Å². The SMILES string of the molecule is NC1Cc2ccccc2N(C(=O)c2ccc(Cl)cc2)C1. The molecule has 3 nitrogen and oxygen atoms in total. The summed E-state index contributed by atoms with van der Waals surface area (Å²) in [5.74, 6) is -0.0377. The number of para-hydroxylation sites is 1. The van der Waals surface area contributed by atoms with Crippen molar-refractivity contribution in [3.8, 4) is 0 Å². The van der Waals surface area contributed by atoms with Crippen molar-refractivity contribution in [3.05, 3.63) is 64.7 Å². The van der Waals surface area contributed by atoms with E-state index in [1.807, 2.05) is 24.3 Å². The molecule has 1 unspecified atom stereocenters. The number of halogens is 1. The third kappa shape index (κ3) is 2.42. The summed E-state index contributed by atoms with van der Waals surface area (Å²) in [6.45, 7) is 0.540. The van der Waals surface area contributed by atoms with Gasteiger partial charge in [-0.05, 0) is 42.3 Å². The van der Waals surface area contributed by atoms with E-state index in [2.05, 4.69) is 0 Å². The minimum absolute atomic E-state index is 0.0267. The van der Waals surface area contributed by atoms with Gasteiger partial charge in [-0.15, -0.1) is 0 Å². The third-order valence-corrected chi connectivity index (χ3v) is 3.77. The summed E-state index contributed by atoms with van der Waals surface area (Å²) in [5.41, 5.74) is 8.76. The van der Waals surface area contributed by atoms with E-state index in [1.54, 1.807) is 29.2 Å². The van der Waals surface area contributed by atoms with E-state index < -0.39 is 0 Å². The van der Waals surface area contributed by atoms with Gasteiger partial charge in [-0.2, -0.15) is 0 Å². The zero-order valence-corrected chi connectivity index (χ0v) is 11.7. The van der Waals surface area contributed by atoms with Crippen molar-refractivity contribution >= 4 is 23.2 Å². The lowest BCUT2D eigenvalue weighted by molar-refractivity contribution is 0.0983. The van der Waals surface area contributed by atoms with Gasteiger partial charge in [0.15, 0.2) is 0 Å². The van der Waals surface area contributed by atoms with Crippen LogP contribution in [0.3, 0.4) is 0 Å². The maximum absolute atomic E-state index is 12.6. The summed E-state index contributed by atoms with van der Waals surface area (Å²) in [5, 5.41) is 0.622. The maximum Gasteiger partial charge on any atom is 0.258 e. The van der Waals surface area contributed by atoms with Crippen molar-refractivity contribution in [2.75, 3.05) is 11.4 Å². The Morgan fingerprint density at radius 2 is 1.85 bits per heavy atom. The van der Waals surface area contributed by atoms with Crippen LogP contribution in [0.15, 0.2) is 48.5 Å². The van der Waals surface area contributed by atoms with Crippen molar-refractivity contribution in [3.63, 3.8) is 0 Å². The molecule has 1 aliphatic heterocycles. The summed E-state index contributed by atoms with van der Waals surface area (Å²) in [4.78, 5) is 14.4. The van der Waals surface area contributed by atoms with Crippen molar-refractivity contribution in [1.82, 2.24) is 0 Å². The molecule has 0 spiro atoms. The number of hydrogen-bond donors (Lipinski definition) is 1. The summed E-state index contributed by atoms with van der Waals surface area (Å²) >= 11 is 5.86. The first-order valence-corrected chi connectivity index (χ1v) is 6.94. The molecule has 0 saturated heterocycles. The van der Waals surface area contributed by atoms with Crippen LogP contribution in [0, 0.1) is 0 Å². The molecule has 1 aliphatic rings. The van der Waals surface area contributed by atoms with E-state index in [0.717, 1.165) is 17.7 Å². The summed E-state index contributed by atoms with van der Waals surface area (Å²) < 4.78 is 0. The van der Waals surface area contributed by atoms with Gasteiger partial charge in [0.25, 0.3) is 5.91 Å². The van der Waals surface area contributed by atoms with Gasteiger partial charge < -0.3 is 10.6 Å². The van der Waals surface area contributed by atoms with Gasteiger partial charge in [-0.1, -0.05) is 29.8 Å². The van der Waals surface area contributed by atoms with Gasteiger partial charge in [0.05, 0.1) is 0 Å². The summed E-state index contributed by atoms with van der Waals surface area (Å²) in [6, 6.07) is 14.8. The average Bonchev–Trinajstić information content (AvgIpc) is 2.46. The zero-order chi connectivity index (χ0) is 14.1. The number of nitrogens with two attached hydrogens (primary N) is 1. The normalized spacial score (nSPS) is 17.7. The number of fused-ring (bicyclic) bond motifs is 1. The van der Waals surface area contributed by atoms with E-state index in [9.17, 15) is 4.79 Å². The molecule has 0 aliphatic carbocycles. The topological polar surface area (TPSA) is 46.3 Å². The molecule has 0 radical (unpaired) electrons. The molecule has 0 fully saturated rings. The first-order chi connectivity index (χ1) is 9.65. The van der Waals surface area contributed by atoms with Gasteiger partial charge in [-0.3, -0.25) is 4.79 Å². The second kappa shape index (κ2) is 5.27. The van der Waals surface area contributed by atoms with E-state index in [1.165, 1.54) is 0 Å². The first kappa shape index (κ1) is 13.2. The number of amides is 1. The lowest BCUT2D eigenvalue weighted by atomic mass is 9.97. The van der Waals surface area contributed by atoms with Gasteiger partial charge in [0.1, 0.15) is 0 Å². The lowest BCUT2D eigenvalue weighted by Gasteiger charge is -2.33. The van der Waals surface area contributed by atoms with Crippen LogP contribution >= 0.6 is 11.6 Å². The molecule has 0 aromatic heterocycles. The fourth-order valence-corrected chi connectivity index (χ4v) is 2.69. The lowest BCUT2D eigenvalue weighted by Crippen LogP contribution is -2.46. The molecule has 102 valence electrons. The van der Waals surface area contributed by atoms with Crippen LogP contribution in [-0.4, -0.2) is 18.5 Å². The molecule has 4 heteroatoms. The fourth-order valence-electron chi connectivity index (χ4n) is 2.57. The Hall–Kier alpha value is -1.84. The van der Waals surface area contributed by atoms with E-state index in [0.29, 0.717) is 17.1 Å². The van der Waals surface area contributed by atoms with Crippen molar-refractivity contribution < 1.29 is 4.79 Å². The standard InChI is InChI=1S/C16H15ClN2O/c17-13-7-5-11(6-8-13)16(20)19-10-14(18)9-12-3-1-2-4-15(12)19/h1-8,14H,9-10,18H2. The highest BCUT2D eigenvalue weighted by molar-refractivity contribution is 6.30. The molecular formula is C16H15ClN2O. The smallest absolute Gasteiger partial charge is 0.258 e. The quantitative estimate of drug-likeness (QED) is 0.876. The van der Waals surface area contributed by atoms with Gasteiger partial charge in [0.2, 0.25) is 0 Å². The molecule has 1 amide bonds. The Bertz CT molecular complexity index is 639. The van der Waals surface area contributed by atoms with Crippen LogP contribution in [-0.2, 0) is 6.42 Å². The number of nitrogens with zero attached hydrogens (tertiary/aromatic N) is 1. The van der Waals surface area contributed by atoms with Crippen LogP contribution < -0.4 is 10.6 Å². The fraction of sp³-hybridized carbons (Fsp3) is 0.188. The average molecular weight is 287 g/mol. The Balaban J connectivity index is 1.97. The summed E-state index contributed by atoms with van der Waals surface area (Å²) in [7, 11) is 0. The van der Waals surface area contributed by atoms with Crippen LogP contribution in [0.4, 0.5) is 5.69 Å². The second-order valence-corrected chi connectivity index (χ2v) is 5.45. The van der Waals surface area contributed by atoms with Gasteiger partial charge in [-0.25, -0.2) is 0 Å². The van der Waals surface area contributed by atoms with Gasteiger partial charge in [0, 0.05) is 28.9 Å². The Kier molecular flexibility index (Phi) is 3.47. The number of anilines is 1. The molecule has 1 atom stereocenters.